The van der Waals surface area contributed by atoms with E-state index in [9.17, 15) is 15.0 Å². The lowest BCUT2D eigenvalue weighted by Gasteiger charge is -2.29. The molecule has 0 aliphatic heterocycles. The Balaban J connectivity index is 2.81. The predicted molar refractivity (Wildman–Crippen MR) is 59.1 cm³/mol. The second-order valence-corrected chi connectivity index (χ2v) is 4.28. The molecule has 1 atom stereocenters. The Morgan fingerprint density at radius 3 is 2.62 bits per heavy atom. The third kappa shape index (κ3) is 2.93. The van der Waals surface area contributed by atoms with Gasteiger partial charge < -0.3 is 15.5 Å². The van der Waals surface area contributed by atoms with Crippen molar-refractivity contribution in [1.82, 2.24) is 10.3 Å². The van der Waals surface area contributed by atoms with E-state index in [2.05, 4.69) is 10.3 Å². The molecule has 1 heterocycles. The topological polar surface area (TPSA) is 82.5 Å². The minimum atomic E-state index is -0.734. The van der Waals surface area contributed by atoms with Crippen LogP contribution in [0.5, 0.6) is 5.75 Å². The van der Waals surface area contributed by atoms with Gasteiger partial charge in [-0.15, -0.1) is 0 Å². The highest BCUT2D eigenvalue weighted by atomic mass is 16.3. The lowest BCUT2D eigenvalue weighted by atomic mass is 9.98. The second kappa shape index (κ2) is 4.49. The summed E-state index contributed by atoms with van der Waals surface area (Å²) in [7, 11) is 0. The van der Waals surface area contributed by atoms with Gasteiger partial charge in [-0.3, -0.25) is 9.78 Å². The number of carbonyl (C=O) groups excluding carboxylic acids is 1. The molecule has 0 aromatic carbocycles. The van der Waals surface area contributed by atoms with Gasteiger partial charge in [-0.1, -0.05) is 0 Å². The molecule has 5 nitrogen and oxygen atoms in total. The maximum Gasteiger partial charge on any atom is 0.253 e. The number of pyridine rings is 1. The van der Waals surface area contributed by atoms with E-state index in [1.165, 1.54) is 18.5 Å². The van der Waals surface area contributed by atoms with Crippen molar-refractivity contribution in [2.24, 2.45) is 0 Å². The number of aliphatic hydroxyl groups excluding tert-OH is 1. The molecule has 1 aromatic rings. The number of aromatic hydroxyl groups is 1. The van der Waals surface area contributed by atoms with E-state index in [1.54, 1.807) is 20.8 Å². The van der Waals surface area contributed by atoms with Crippen LogP contribution < -0.4 is 5.32 Å². The molecule has 3 N–H and O–H groups in total. The molecule has 1 unspecified atom stereocenters. The number of nitrogens with one attached hydrogen (secondary N) is 1. The van der Waals surface area contributed by atoms with E-state index in [0.29, 0.717) is 0 Å². The highest BCUT2D eigenvalue weighted by molar-refractivity contribution is 5.94. The molecule has 88 valence electrons. The molecule has 0 saturated carbocycles. The van der Waals surface area contributed by atoms with Gasteiger partial charge in [0.1, 0.15) is 5.75 Å². The summed E-state index contributed by atoms with van der Waals surface area (Å²) in [5, 5.41) is 21.3. The van der Waals surface area contributed by atoms with Gasteiger partial charge in [-0.05, 0) is 26.8 Å². The van der Waals surface area contributed by atoms with E-state index in [0.717, 1.165) is 0 Å². The van der Waals surface area contributed by atoms with Crippen molar-refractivity contribution in [1.29, 1.82) is 0 Å². The quantitative estimate of drug-likeness (QED) is 0.705. The van der Waals surface area contributed by atoms with Gasteiger partial charge in [-0.25, -0.2) is 0 Å². The highest BCUT2D eigenvalue weighted by Crippen LogP contribution is 2.12. The van der Waals surface area contributed by atoms with Crippen molar-refractivity contribution >= 4 is 5.91 Å². The molecule has 0 aliphatic rings. The van der Waals surface area contributed by atoms with Crippen molar-refractivity contribution in [2.45, 2.75) is 32.4 Å². The molecule has 0 aliphatic carbocycles. The van der Waals surface area contributed by atoms with Crippen LogP contribution in [0.4, 0.5) is 0 Å². The van der Waals surface area contributed by atoms with Crippen LogP contribution >= 0.6 is 0 Å². The average molecular weight is 224 g/mol. The van der Waals surface area contributed by atoms with Crippen LogP contribution in [0.25, 0.3) is 0 Å². The maximum atomic E-state index is 11.7. The number of aliphatic hydroxyl groups is 1. The largest absolute Gasteiger partial charge is 0.506 e. The molecule has 1 aromatic heterocycles. The van der Waals surface area contributed by atoms with Crippen molar-refractivity contribution in [2.75, 3.05) is 0 Å². The van der Waals surface area contributed by atoms with Crippen LogP contribution in [0.3, 0.4) is 0 Å². The predicted octanol–water partition coefficient (Wildman–Crippen LogP) is 0.676. The summed E-state index contributed by atoms with van der Waals surface area (Å²) in [4.78, 5) is 15.5. The fourth-order valence-electron chi connectivity index (χ4n) is 1.02. The SMILES string of the molecule is CC(O)C(C)(C)NC(=O)c1cncc(O)c1. The van der Waals surface area contributed by atoms with Gasteiger partial charge in [0.2, 0.25) is 0 Å². The third-order valence-corrected chi connectivity index (χ3v) is 2.47. The Morgan fingerprint density at radius 2 is 2.12 bits per heavy atom. The van der Waals surface area contributed by atoms with Gasteiger partial charge in [-0.2, -0.15) is 0 Å². The molecular formula is C11H16N2O3. The Hall–Kier alpha value is -1.62. The Morgan fingerprint density at radius 1 is 1.50 bits per heavy atom. The first-order valence-corrected chi connectivity index (χ1v) is 4.97. The molecule has 1 rings (SSSR count). The molecule has 1 amide bonds. The monoisotopic (exact) mass is 224 g/mol. The average Bonchev–Trinajstić information content (AvgIpc) is 2.16. The Bertz CT molecular complexity index is 389. The molecule has 0 bridgehead atoms. The zero-order valence-corrected chi connectivity index (χ0v) is 9.56. The zero-order valence-electron chi connectivity index (χ0n) is 9.56. The number of hydrogen-bond donors (Lipinski definition) is 3. The lowest BCUT2D eigenvalue weighted by molar-refractivity contribution is 0.0709. The first-order chi connectivity index (χ1) is 7.33. The number of hydrogen-bond acceptors (Lipinski definition) is 4. The third-order valence-electron chi connectivity index (χ3n) is 2.47. The highest BCUT2D eigenvalue weighted by Gasteiger charge is 2.26. The molecule has 5 heteroatoms. The van der Waals surface area contributed by atoms with Gasteiger partial charge in [0, 0.05) is 6.20 Å². The van der Waals surface area contributed by atoms with Crippen molar-refractivity contribution < 1.29 is 15.0 Å². The second-order valence-electron chi connectivity index (χ2n) is 4.28. The van der Waals surface area contributed by atoms with Crippen LogP contribution in [0.15, 0.2) is 18.5 Å². The summed E-state index contributed by atoms with van der Waals surface area (Å²) in [5.41, 5.74) is -0.476. The lowest BCUT2D eigenvalue weighted by Crippen LogP contribution is -2.50. The van der Waals surface area contributed by atoms with Gasteiger partial charge in [0.15, 0.2) is 0 Å². The zero-order chi connectivity index (χ0) is 12.3. The van der Waals surface area contributed by atoms with E-state index in [4.69, 9.17) is 0 Å². The van der Waals surface area contributed by atoms with Gasteiger partial charge in [0.25, 0.3) is 5.91 Å². The van der Waals surface area contributed by atoms with Crippen LogP contribution in [0.2, 0.25) is 0 Å². The number of amides is 1. The van der Waals surface area contributed by atoms with Crippen LogP contribution in [-0.4, -0.2) is 32.7 Å². The molecular weight excluding hydrogens is 208 g/mol. The van der Waals surface area contributed by atoms with E-state index in [1.807, 2.05) is 0 Å². The number of carbonyl (C=O) groups is 1. The minimum absolute atomic E-state index is 0.0671. The Labute approximate surface area is 94.1 Å². The fraction of sp³-hybridized carbons (Fsp3) is 0.455. The first kappa shape index (κ1) is 12.4. The van der Waals surface area contributed by atoms with Crippen molar-refractivity contribution in [3.63, 3.8) is 0 Å². The van der Waals surface area contributed by atoms with E-state index >= 15 is 0 Å². The Kier molecular flexibility index (Phi) is 3.49. The summed E-state index contributed by atoms with van der Waals surface area (Å²) < 4.78 is 0. The van der Waals surface area contributed by atoms with Gasteiger partial charge in [0.05, 0.1) is 23.4 Å². The summed E-state index contributed by atoms with van der Waals surface area (Å²) in [6.45, 7) is 5.03. The van der Waals surface area contributed by atoms with Gasteiger partial charge >= 0.3 is 0 Å². The van der Waals surface area contributed by atoms with Crippen molar-refractivity contribution in [3.8, 4) is 5.75 Å². The molecule has 16 heavy (non-hydrogen) atoms. The number of rotatable bonds is 3. The number of aromatic nitrogens is 1. The summed E-state index contributed by atoms with van der Waals surface area (Å²) in [5.74, 6) is -0.447. The molecule has 0 fully saturated rings. The van der Waals surface area contributed by atoms with Crippen LogP contribution in [0, 0.1) is 0 Å². The maximum absolute atomic E-state index is 11.7. The van der Waals surface area contributed by atoms with Crippen LogP contribution in [-0.2, 0) is 0 Å². The minimum Gasteiger partial charge on any atom is -0.506 e. The summed E-state index contributed by atoms with van der Waals surface area (Å²) >= 11 is 0. The van der Waals surface area contributed by atoms with E-state index < -0.39 is 11.6 Å². The fourth-order valence-corrected chi connectivity index (χ4v) is 1.02. The standard InChI is InChI=1S/C11H16N2O3/c1-7(14)11(2,3)13-10(16)8-4-9(15)6-12-5-8/h4-7,14-15H,1-3H3,(H,13,16). The first-order valence-electron chi connectivity index (χ1n) is 4.97. The summed E-state index contributed by atoms with van der Waals surface area (Å²) in [6, 6.07) is 1.32. The smallest absolute Gasteiger partial charge is 0.253 e. The van der Waals surface area contributed by atoms with Crippen molar-refractivity contribution in [3.05, 3.63) is 24.0 Å². The normalized spacial score (nSPS) is 13.2. The molecule has 0 radical (unpaired) electrons. The number of nitrogens with zero attached hydrogens (tertiary/aromatic N) is 1. The molecule has 0 saturated heterocycles. The summed E-state index contributed by atoms with van der Waals surface area (Å²) in [6.07, 6.45) is 1.92. The molecule has 0 spiro atoms. The van der Waals surface area contributed by atoms with Crippen LogP contribution in [0.1, 0.15) is 31.1 Å². The van der Waals surface area contributed by atoms with E-state index in [-0.39, 0.29) is 17.2 Å².